The van der Waals surface area contributed by atoms with Crippen molar-refractivity contribution in [3.05, 3.63) is 29.8 Å². The molecule has 1 saturated heterocycles. The number of methoxy groups -OCH3 is 1. The number of carbonyl (C=O) groups is 2. The number of halogens is 3. The Morgan fingerprint density at radius 3 is 2.35 bits per heavy atom. The summed E-state index contributed by atoms with van der Waals surface area (Å²) in [5.41, 5.74) is 0.781. The second kappa shape index (κ2) is 7.84. The third-order valence-corrected chi connectivity index (χ3v) is 4.57. The molecule has 1 aliphatic heterocycles. The molecule has 1 fully saturated rings. The number of aliphatic carboxylic acids is 1. The Morgan fingerprint density at radius 1 is 1.31 bits per heavy atom. The van der Waals surface area contributed by atoms with Crippen LogP contribution in [0, 0.1) is 11.8 Å². The molecule has 6 nitrogen and oxygen atoms in total. The van der Waals surface area contributed by atoms with Gasteiger partial charge in [0.25, 0.3) is 0 Å². The zero-order valence-electron chi connectivity index (χ0n) is 14.4. The maximum atomic E-state index is 13.0. The summed E-state index contributed by atoms with van der Waals surface area (Å²) in [5.74, 6) is -4.62. The first-order valence-corrected chi connectivity index (χ1v) is 8.16. The first-order valence-electron chi connectivity index (χ1n) is 8.16. The van der Waals surface area contributed by atoms with Gasteiger partial charge in [0.1, 0.15) is 5.75 Å². The zero-order valence-corrected chi connectivity index (χ0v) is 14.4. The molecule has 0 radical (unpaired) electrons. The van der Waals surface area contributed by atoms with E-state index in [-0.39, 0.29) is 0 Å². The van der Waals surface area contributed by atoms with Gasteiger partial charge >= 0.3 is 18.2 Å². The summed E-state index contributed by atoms with van der Waals surface area (Å²) in [6.45, 7) is 0.702. The Kier molecular flexibility index (Phi) is 5.99. The smallest absolute Gasteiger partial charge is 0.394 e. The number of alkyl halides is 3. The second-order valence-electron chi connectivity index (χ2n) is 6.18. The number of benzene rings is 1. The quantitative estimate of drug-likeness (QED) is 0.830. The minimum Gasteiger partial charge on any atom is -0.497 e. The third kappa shape index (κ3) is 4.39. The number of likely N-dealkylation sites (tertiary alicyclic amines) is 1. The number of rotatable bonds is 5. The van der Waals surface area contributed by atoms with Crippen LogP contribution in [0.1, 0.15) is 24.9 Å². The molecule has 9 heteroatoms. The fourth-order valence-corrected chi connectivity index (χ4v) is 3.05. The molecule has 144 valence electrons. The standard InChI is InChI=1S/C17H21F3N2O4/c1-3-14(10-4-6-11(26-2)7-5-10)21-16(25)22-8-12(15(23)24)13(9-22)17(18,19)20/h4-7,12-14H,3,8-9H2,1-2H3,(H,21,25)(H,23,24)/t12-,13-,14?/m1/s1. The Hall–Kier alpha value is -2.45. The van der Waals surface area contributed by atoms with Crippen molar-refractivity contribution in [1.29, 1.82) is 0 Å². The molecule has 0 bridgehead atoms. The van der Waals surface area contributed by atoms with Crippen LogP contribution < -0.4 is 10.1 Å². The fourth-order valence-electron chi connectivity index (χ4n) is 3.05. The minimum atomic E-state index is -4.67. The highest BCUT2D eigenvalue weighted by molar-refractivity contribution is 5.78. The van der Waals surface area contributed by atoms with E-state index in [1.54, 1.807) is 24.3 Å². The summed E-state index contributed by atoms with van der Waals surface area (Å²) >= 11 is 0. The van der Waals surface area contributed by atoms with Crippen molar-refractivity contribution in [2.45, 2.75) is 25.6 Å². The van der Waals surface area contributed by atoms with Gasteiger partial charge in [0.05, 0.1) is 25.0 Å². The Balaban J connectivity index is 2.08. The first kappa shape index (κ1) is 19.9. The predicted molar refractivity (Wildman–Crippen MR) is 86.8 cm³/mol. The lowest BCUT2D eigenvalue weighted by Crippen LogP contribution is -2.41. The number of amides is 2. The van der Waals surface area contributed by atoms with E-state index >= 15 is 0 Å². The highest BCUT2D eigenvalue weighted by Gasteiger charge is 2.53. The van der Waals surface area contributed by atoms with E-state index in [2.05, 4.69) is 5.32 Å². The molecule has 26 heavy (non-hydrogen) atoms. The van der Waals surface area contributed by atoms with Crippen molar-refractivity contribution in [3.8, 4) is 5.75 Å². The molecular formula is C17H21F3N2O4. The van der Waals surface area contributed by atoms with Crippen LogP contribution in [0.15, 0.2) is 24.3 Å². The Bertz CT molecular complexity index is 648. The number of ether oxygens (including phenoxy) is 1. The van der Waals surface area contributed by atoms with Crippen molar-refractivity contribution >= 4 is 12.0 Å². The maximum absolute atomic E-state index is 13.0. The highest BCUT2D eigenvalue weighted by Crippen LogP contribution is 2.37. The summed E-state index contributed by atoms with van der Waals surface area (Å²) < 4.78 is 44.2. The number of carboxylic acid groups (broad SMARTS) is 1. The van der Waals surface area contributed by atoms with Crippen LogP contribution in [0.2, 0.25) is 0 Å². The van der Waals surface area contributed by atoms with Crippen LogP contribution in [-0.4, -0.2) is 48.4 Å². The number of carboxylic acids is 1. The molecule has 1 unspecified atom stereocenters. The molecule has 1 heterocycles. The average Bonchev–Trinajstić information content (AvgIpc) is 3.06. The molecule has 1 aromatic rings. The third-order valence-electron chi connectivity index (χ3n) is 4.57. The molecular weight excluding hydrogens is 353 g/mol. The molecule has 2 amide bonds. The van der Waals surface area contributed by atoms with Crippen molar-refractivity contribution in [2.75, 3.05) is 20.2 Å². The zero-order chi connectivity index (χ0) is 19.5. The van der Waals surface area contributed by atoms with E-state index in [1.165, 1.54) is 7.11 Å². The maximum Gasteiger partial charge on any atom is 0.394 e. The number of nitrogens with zero attached hydrogens (tertiary/aromatic N) is 1. The van der Waals surface area contributed by atoms with E-state index in [0.29, 0.717) is 12.2 Å². The van der Waals surface area contributed by atoms with E-state index in [9.17, 15) is 22.8 Å². The lowest BCUT2D eigenvalue weighted by molar-refractivity contribution is -0.187. The summed E-state index contributed by atoms with van der Waals surface area (Å²) in [4.78, 5) is 24.4. The molecule has 0 spiro atoms. The number of urea groups is 1. The molecule has 0 aromatic heterocycles. The van der Waals surface area contributed by atoms with Crippen molar-refractivity contribution in [2.24, 2.45) is 11.8 Å². The van der Waals surface area contributed by atoms with E-state index in [1.807, 2.05) is 6.92 Å². The van der Waals surface area contributed by atoms with Crippen LogP contribution in [0.5, 0.6) is 5.75 Å². The molecule has 1 aliphatic rings. The van der Waals surface area contributed by atoms with Crippen LogP contribution in [-0.2, 0) is 4.79 Å². The van der Waals surface area contributed by atoms with Crippen molar-refractivity contribution in [1.82, 2.24) is 10.2 Å². The number of hydrogen-bond acceptors (Lipinski definition) is 3. The summed E-state index contributed by atoms with van der Waals surface area (Å²) in [6.07, 6.45) is -4.14. The molecule has 0 saturated carbocycles. The number of hydrogen-bond donors (Lipinski definition) is 2. The van der Waals surface area contributed by atoms with Gasteiger partial charge in [0.15, 0.2) is 0 Å². The van der Waals surface area contributed by atoms with Gasteiger partial charge in [0.2, 0.25) is 0 Å². The highest BCUT2D eigenvalue weighted by atomic mass is 19.4. The van der Waals surface area contributed by atoms with Gasteiger partial charge in [-0.2, -0.15) is 13.2 Å². The van der Waals surface area contributed by atoms with Crippen LogP contribution in [0.4, 0.5) is 18.0 Å². The summed E-state index contributed by atoms with van der Waals surface area (Å²) in [5, 5.41) is 11.7. The van der Waals surface area contributed by atoms with E-state index in [0.717, 1.165) is 10.5 Å². The lowest BCUT2D eigenvalue weighted by atomic mass is 9.96. The molecule has 3 atom stereocenters. The van der Waals surface area contributed by atoms with Crippen molar-refractivity contribution in [3.63, 3.8) is 0 Å². The van der Waals surface area contributed by atoms with E-state index in [4.69, 9.17) is 9.84 Å². The second-order valence-corrected chi connectivity index (χ2v) is 6.18. The van der Waals surface area contributed by atoms with Gasteiger partial charge in [-0.3, -0.25) is 4.79 Å². The van der Waals surface area contributed by atoms with Gasteiger partial charge in [-0.15, -0.1) is 0 Å². The fraction of sp³-hybridized carbons (Fsp3) is 0.529. The SMILES string of the molecule is CCC(NC(=O)N1C[C@@H](C(F)(F)F)[C@H](C(=O)O)C1)c1ccc(OC)cc1. The molecule has 0 aliphatic carbocycles. The largest absolute Gasteiger partial charge is 0.497 e. The van der Waals surface area contributed by atoms with Gasteiger partial charge in [-0.1, -0.05) is 19.1 Å². The summed E-state index contributed by atoms with van der Waals surface area (Å²) in [6, 6.07) is 5.86. The van der Waals surface area contributed by atoms with Crippen LogP contribution in [0.3, 0.4) is 0 Å². The monoisotopic (exact) mass is 374 g/mol. The van der Waals surface area contributed by atoms with Gasteiger partial charge < -0.3 is 20.1 Å². The van der Waals surface area contributed by atoms with Crippen LogP contribution >= 0.6 is 0 Å². The molecule has 2 N–H and O–H groups in total. The van der Waals surface area contributed by atoms with Gasteiger partial charge in [0, 0.05) is 13.1 Å². The molecule has 2 rings (SSSR count). The predicted octanol–water partition coefficient (Wildman–Crippen LogP) is 3.05. The number of carbonyl (C=O) groups excluding carboxylic acids is 1. The normalized spacial score (nSPS) is 21.3. The van der Waals surface area contributed by atoms with E-state index < -0.39 is 49.1 Å². The van der Waals surface area contributed by atoms with Crippen LogP contribution in [0.25, 0.3) is 0 Å². The summed E-state index contributed by atoms with van der Waals surface area (Å²) in [7, 11) is 1.53. The molecule has 1 aromatic carbocycles. The minimum absolute atomic E-state index is 0.401. The topological polar surface area (TPSA) is 78.9 Å². The van der Waals surface area contributed by atoms with Crippen molar-refractivity contribution < 1.29 is 32.6 Å². The number of nitrogens with one attached hydrogen (secondary N) is 1. The Morgan fingerprint density at radius 2 is 1.92 bits per heavy atom. The first-order chi connectivity index (χ1) is 12.2. The van der Waals surface area contributed by atoms with Gasteiger partial charge in [-0.25, -0.2) is 4.79 Å². The lowest BCUT2D eigenvalue weighted by Gasteiger charge is -2.23. The Labute approximate surface area is 148 Å². The average molecular weight is 374 g/mol. The van der Waals surface area contributed by atoms with Gasteiger partial charge in [-0.05, 0) is 24.1 Å².